The van der Waals surface area contributed by atoms with Crippen molar-refractivity contribution in [1.82, 2.24) is 0 Å². The van der Waals surface area contributed by atoms with Crippen LogP contribution >= 0.6 is 0 Å². The van der Waals surface area contributed by atoms with E-state index in [2.05, 4.69) is 26.8 Å². The first-order valence-corrected chi connectivity index (χ1v) is 4.96. The molecule has 0 fully saturated rings. The fraction of sp³-hybridized carbons (Fsp3) is 0.417. The van der Waals surface area contributed by atoms with E-state index in [0.717, 1.165) is 5.75 Å². The standard InChI is InChI=1S/C12H18N2O/c1-12(2,3)9-5-4-6-10(7-9)15-8-11(13)14/h4-7H,8H2,1-3H3,(H3,13,14). The van der Waals surface area contributed by atoms with Gasteiger partial charge in [-0.1, -0.05) is 32.9 Å². The van der Waals surface area contributed by atoms with Crippen LogP contribution in [0.3, 0.4) is 0 Å². The molecule has 1 aromatic rings. The molecule has 0 aromatic heterocycles. The molecule has 0 atom stereocenters. The van der Waals surface area contributed by atoms with E-state index in [0.29, 0.717) is 0 Å². The van der Waals surface area contributed by atoms with Crippen molar-refractivity contribution in [2.45, 2.75) is 26.2 Å². The maximum atomic E-state index is 7.07. The quantitative estimate of drug-likeness (QED) is 0.589. The van der Waals surface area contributed by atoms with Gasteiger partial charge in [-0.15, -0.1) is 0 Å². The largest absolute Gasteiger partial charge is 0.486 e. The zero-order chi connectivity index (χ0) is 11.5. The first kappa shape index (κ1) is 11.6. The predicted octanol–water partition coefficient (Wildman–Crippen LogP) is 2.30. The molecule has 0 heterocycles. The Hall–Kier alpha value is -1.51. The Morgan fingerprint density at radius 1 is 1.40 bits per heavy atom. The Morgan fingerprint density at radius 2 is 2.07 bits per heavy atom. The molecule has 3 nitrogen and oxygen atoms in total. The summed E-state index contributed by atoms with van der Waals surface area (Å²) in [4.78, 5) is 0. The first-order valence-electron chi connectivity index (χ1n) is 4.96. The van der Waals surface area contributed by atoms with Crippen LogP contribution in [0.4, 0.5) is 0 Å². The minimum absolute atomic E-state index is 0.0381. The summed E-state index contributed by atoms with van der Waals surface area (Å²) in [7, 11) is 0. The van der Waals surface area contributed by atoms with Crippen LogP contribution in [0, 0.1) is 5.41 Å². The molecular weight excluding hydrogens is 188 g/mol. The number of hydrogen-bond donors (Lipinski definition) is 2. The maximum absolute atomic E-state index is 7.07. The van der Waals surface area contributed by atoms with Crippen LogP contribution in [0.15, 0.2) is 24.3 Å². The number of nitrogens with two attached hydrogens (primary N) is 1. The van der Waals surface area contributed by atoms with E-state index in [1.54, 1.807) is 0 Å². The van der Waals surface area contributed by atoms with Crippen LogP contribution in [-0.2, 0) is 5.41 Å². The minimum Gasteiger partial charge on any atom is -0.486 e. The van der Waals surface area contributed by atoms with Crippen LogP contribution in [0.2, 0.25) is 0 Å². The highest BCUT2D eigenvalue weighted by Crippen LogP contribution is 2.25. The number of amidine groups is 1. The van der Waals surface area contributed by atoms with E-state index in [4.69, 9.17) is 15.9 Å². The molecule has 0 saturated heterocycles. The van der Waals surface area contributed by atoms with Gasteiger partial charge in [-0.25, -0.2) is 0 Å². The molecule has 1 aromatic carbocycles. The first-order chi connectivity index (χ1) is 6.89. The van der Waals surface area contributed by atoms with Crippen molar-refractivity contribution in [2.75, 3.05) is 6.61 Å². The molecule has 3 heteroatoms. The highest BCUT2D eigenvalue weighted by atomic mass is 16.5. The Balaban J connectivity index is 2.79. The minimum atomic E-state index is 0.0381. The molecule has 0 spiro atoms. The van der Waals surface area contributed by atoms with Crippen molar-refractivity contribution in [3.8, 4) is 5.75 Å². The topological polar surface area (TPSA) is 59.1 Å². The number of ether oxygens (including phenoxy) is 1. The van der Waals surface area contributed by atoms with Gasteiger partial charge in [0.25, 0.3) is 0 Å². The molecule has 0 amide bonds. The summed E-state index contributed by atoms with van der Waals surface area (Å²) in [5, 5.41) is 7.07. The van der Waals surface area contributed by atoms with E-state index in [9.17, 15) is 0 Å². The van der Waals surface area contributed by atoms with Crippen molar-refractivity contribution in [3.63, 3.8) is 0 Å². The van der Waals surface area contributed by atoms with E-state index in [1.807, 2.05) is 18.2 Å². The number of benzene rings is 1. The Kier molecular flexibility index (Phi) is 3.35. The van der Waals surface area contributed by atoms with E-state index in [-0.39, 0.29) is 17.9 Å². The van der Waals surface area contributed by atoms with E-state index in [1.165, 1.54) is 5.56 Å². The fourth-order valence-corrected chi connectivity index (χ4v) is 1.21. The van der Waals surface area contributed by atoms with E-state index < -0.39 is 0 Å². The van der Waals surface area contributed by atoms with Crippen molar-refractivity contribution in [1.29, 1.82) is 5.41 Å². The zero-order valence-corrected chi connectivity index (χ0v) is 9.50. The third-order valence-electron chi connectivity index (χ3n) is 2.09. The highest BCUT2D eigenvalue weighted by Gasteiger charge is 2.13. The molecule has 0 aliphatic heterocycles. The molecule has 0 saturated carbocycles. The van der Waals surface area contributed by atoms with Gasteiger partial charge >= 0.3 is 0 Å². The molecule has 15 heavy (non-hydrogen) atoms. The van der Waals surface area contributed by atoms with Crippen LogP contribution in [0.25, 0.3) is 0 Å². The molecule has 0 unspecified atom stereocenters. The number of rotatable bonds is 3. The third kappa shape index (κ3) is 3.62. The second-order valence-corrected chi connectivity index (χ2v) is 4.59. The van der Waals surface area contributed by atoms with Crippen LogP contribution < -0.4 is 10.5 Å². The summed E-state index contributed by atoms with van der Waals surface area (Å²) in [6.45, 7) is 6.60. The number of hydrogen-bond acceptors (Lipinski definition) is 2. The van der Waals surface area contributed by atoms with Gasteiger partial charge in [0, 0.05) is 0 Å². The molecule has 0 bridgehead atoms. The van der Waals surface area contributed by atoms with Gasteiger partial charge in [-0.3, -0.25) is 5.41 Å². The lowest BCUT2D eigenvalue weighted by Gasteiger charge is -2.19. The van der Waals surface area contributed by atoms with Crippen LogP contribution in [0.5, 0.6) is 5.75 Å². The summed E-state index contributed by atoms with van der Waals surface area (Å²) in [6.07, 6.45) is 0. The van der Waals surface area contributed by atoms with Crippen LogP contribution in [-0.4, -0.2) is 12.4 Å². The van der Waals surface area contributed by atoms with Gasteiger partial charge in [0.05, 0.1) is 0 Å². The molecule has 1 rings (SSSR count). The van der Waals surface area contributed by atoms with Gasteiger partial charge in [-0.05, 0) is 23.1 Å². The Morgan fingerprint density at radius 3 is 2.60 bits per heavy atom. The maximum Gasteiger partial charge on any atom is 0.145 e. The molecule has 82 valence electrons. The van der Waals surface area contributed by atoms with Gasteiger partial charge in [-0.2, -0.15) is 0 Å². The fourth-order valence-electron chi connectivity index (χ4n) is 1.21. The predicted molar refractivity (Wildman–Crippen MR) is 62.6 cm³/mol. The van der Waals surface area contributed by atoms with Crippen molar-refractivity contribution >= 4 is 5.84 Å². The monoisotopic (exact) mass is 206 g/mol. The molecule has 0 radical (unpaired) electrons. The Labute approximate surface area is 90.8 Å². The molecule has 0 aliphatic carbocycles. The lowest BCUT2D eigenvalue weighted by atomic mass is 9.87. The summed E-state index contributed by atoms with van der Waals surface area (Å²) >= 11 is 0. The summed E-state index contributed by atoms with van der Waals surface area (Å²) < 4.78 is 5.35. The molecular formula is C12H18N2O. The van der Waals surface area contributed by atoms with E-state index >= 15 is 0 Å². The molecule has 3 N–H and O–H groups in total. The lowest BCUT2D eigenvalue weighted by molar-refractivity contribution is 0.373. The van der Waals surface area contributed by atoms with Gasteiger partial charge < -0.3 is 10.5 Å². The average molecular weight is 206 g/mol. The summed E-state index contributed by atoms with van der Waals surface area (Å²) in [5.74, 6) is 0.800. The highest BCUT2D eigenvalue weighted by molar-refractivity contribution is 5.78. The Bertz CT molecular complexity index is 353. The second kappa shape index (κ2) is 4.34. The third-order valence-corrected chi connectivity index (χ3v) is 2.09. The van der Waals surface area contributed by atoms with Gasteiger partial charge in [0.1, 0.15) is 18.2 Å². The summed E-state index contributed by atoms with van der Waals surface area (Å²) in [5.41, 5.74) is 6.54. The zero-order valence-electron chi connectivity index (χ0n) is 9.50. The lowest BCUT2D eigenvalue weighted by Crippen LogP contribution is -2.19. The van der Waals surface area contributed by atoms with Crippen molar-refractivity contribution in [3.05, 3.63) is 29.8 Å². The van der Waals surface area contributed by atoms with Gasteiger partial charge in [0.2, 0.25) is 0 Å². The smallest absolute Gasteiger partial charge is 0.145 e. The molecule has 0 aliphatic rings. The number of nitrogens with one attached hydrogen (secondary N) is 1. The van der Waals surface area contributed by atoms with Crippen LogP contribution in [0.1, 0.15) is 26.3 Å². The normalized spacial score (nSPS) is 11.1. The second-order valence-electron chi connectivity index (χ2n) is 4.59. The summed E-state index contributed by atoms with van der Waals surface area (Å²) in [6, 6.07) is 7.89. The van der Waals surface area contributed by atoms with Crippen molar-refractivity contribution < 1.29 is 4.74 Å². The van der Waals surface area contributed by atoms with Crippen molar-refractivity contribution in [2.24, 2.45) is 5.73 Å². The van der Waals surface area contributed by atoms with Gasteiger partial charge in [0.15, 0.2) is 0 Å². The SMILES string of the molecule is CC(C)(C)c1cccc(OCC(=N)N)c1. The average Bonchev–Trinajstić information content (AvgIpc) is 2.14.